The fourth-order valence-corrected chi connectivity index (χ4v) is 3.69. The first-order valence-electron chi connectivity index (χ1n) is 8.22. The molecule has 1 saturated heterocycles. The normalized spacial score (nSPS) is 24.1. The van der Waals surface area contributed by atoms with Crippen LogP contribution in [-0.4, -0.2) is 23.5 Å². The van der Waals surface area contributed by atoms with Crippen LogP contribution in [0, 0.1) is 6.92 Å². The van der Waals surface area contributed by atoms with Crippen LogP contribution in [0.25, 0.3) is 0 Å². The van der Waals surface area contributed by atoms with Gasteiger partial charge in [0.05, 0.1) is 6.04 Å². The SMILES string of the molecule is CCC1CCCCCN1C(c1ccccc1C)C(C)N. The highest BCUT2D eigenvalue weighted by Crippen LogP contribution is 2.32. The molecule has 0 spiro atoms. The maximum atomic E-state index is 6.39. The van der Waals surface area contributed by atoms with E-state index in [9.17, 15) is 0 Å². The van der Waals surface area contributed by atoms with E-state index in [2.05, 4.69) is 49.9 Å². The summed E-state index contributed by atoms with van der Waals surface area (Å²) in [5.41, 5.74) is 9.18. The van der Waals surface area contributed by atoms with E-state index in [-0.39, 0.29) is 6.04 Å². The summed E-state index contributed by atoms with van der Waals surface area (Å²) in [7, 11) is 0. The van der Waals surface area contributed by atoms with Crippen molar-refractivity contribution in [3.63, 3.8) is 0 Å². The second kappa shape index (κ2) is 7.24. The van der Waals surface area contributed by atoms with Crippen LogP contribution < -0.4 is 5.73 Å². The zero-order valence-corrected chi connectivity index (χ0v) is 13.3. The Morgan fingerprint density at radius 3 is 2.65 bits per heavy atom. The van der Waals surface area contributed by atoms with Crippen molar-refractivity contribution in [3.05, 3.63) is 35.4 Å². The number of benzene rings is 1. The molecule has 1 aliphatic rings. The van der Waals surface area contributed by atoms with Crippen LogP contribution in [0.15, 0.2) is 24.3 Å². The van der Waals surface area contributed by atoms with Crippen LogP contribution in [0.5, 0.6) is 0 Å². The van der Waals surface area contributed by atoms with Gasteiger partial charge in [-0.25, -0.2) is 0 Å². The number of rotatable bonds is 4. The molecule has 2 heteroatoms. The predicted molar refractivity (Wildman–Crippen MR) is 86.8 cm³/mol. The Balaban J connectivity index is 2.33. The monoisotopic (exact) mass is 274 g/mol. The van der Waals surface area contributed by atoms with Crippen LogP contribution >= 0.6 is 0 Å². The minimum absolute atomic E-state index is 0.170. The van der Waals surface area contributed by atoms with E-state index < -0.39 is 0 Å². The zero-order chi connectivity index (χ0) is 14.5. The third-order valence-electron chi connectivity index (χ3n) is 4.76. The Morgan fingerprint density at radius 2 is 2.00 bits per heavy atom. The molecule has 0 aliphatic carbocycles. The van der Waals surface area contributed by atoms with E-state index in [1.165, 1.54) is 49.8 Å². The highest BCUT2D eigenvalue weighted by molar-refractivity contribution is 5.30. The summed E-state index contributed by atoms with van der Waals surface area (Å²) in [6.45, 7) is 7.89. The third kappa shape index (κ3) is 3.42. The van der Waals surface area contributed by atoms with Gasteiger partial charge in [-0.2, -0.15) is 0 Å². The largest absolute Gasteiger partial charge is 0.326 e. The molecule has 20 heavy (non-hydrogen) atoms. The minimum atomic E-state index is 0.170. The molecular weight excluding hydrogens is 244 g/mol. The van der Waals surface area contributed by atoms with Crippen LogP contribution in [0.4, 0.5) is 0 Å². The highest BCUT2D eigenvalue weighted by Gasteiger charge is 2.30. The number of hydrogen-bond donors (Lipinski definition) is 1. The fourth-order valence-electron chi connectivity index (χ4n) is 3.69. The van der Waals surface area contributed by atoms with E-state index >= 15 is 0 Å². The van der Waals surface area contributed by atoms with Gasteiger partial charge < -0.3 is 5.73 Å². The fraction of sp³-hybridized carbons (Fsp3) is 0.667. The molecule has 2 rings (SSSR count). The van der Waals surface area contributed by atoms with Gasteiger partial charge in [-0.1, -0.05) is 44.0 Å². The maximum absolute atomic E-state index is 6.39. The molecule has 3 atom stereocenters. The third-order valence-corrected chi connectivity index (χ3v) is 4.76. The summed E-state index contributed by atoms with van der Waals surface area (Å²) >= 11 is 0. The van der Waals surface area contributed by atoms with Crippen molar-refractivity contribution in [2.75, 3.05) is 6.54 Å². The lowest BCUT2D eigenvalue weighted by atomic mass is 9.93. The Labute approximate surface area is 124 Å². The van der Waals surface area contributed by atoms with Gasteiger partial charge in [-0.3, -0.25) is 4.90 Å². The molecule has 0 saturated carbocycles. The first-order valence-corrected chi connectivity index (χ1v) is 8.22. The van der Waals surface area contributed by atoms with Crippen molar-refractivity contribution >= 4 is 0 Å². The van der Waals surface area contributed by atoms with Crippen molar-refractivity contribution in [1.29, 1.82) is 0 Å². The summed E-state index contributed by atoms with van der Waals surface area (Å²) in [5.74, 6) is 0. The topological polar surface area (TPSA) is 29.3 Å². The quantitative estimate of drug-likeness (QED) is 0.898. The van der Waals surface area contributed by atoms with Crippen molar-refractivity contribution in [1.82, 2.24) is 4.90 Å². The van der Waals surface area contributed by atoms with Crippen LogP contribution in [-0.2, 0) is 0 Å². The smallest absolute Gasteiger partial charge is 0.0501 e. The van der Waals surface area contributed by atoms with Gasteiger partial charge in [0.25, 0.3) is 0 Å². The van der Waals surface area contributed by atoms with Crippen LogP contribution in [0.1, 0.15) is 63.1 Å². The average Bonchev–Trinajstić information content (AvgIpc) is 2.66. The summed E-state index contributed by atoms with van der Waals surface area (Å²) in [5, 5.41) is 0. The summed E-state index contributed by atoms with van der Waals surface area (Å²) in [6, 6.07) is 9.97. The molecule has 1 aromatic rings. The molecule has 2 nitrogen and oxygen atoms in total. The zero-order valence-electron chi connectivity index (χ0n) is 13.3. The molecule has 112 valence electrons. The standard InChI is InChI=1S/C18H30N2/c1-4-16-11-6-5-9-13-20(16)18(15(3)19)17-12-8-7-10-14(17)2/h7-8,10,12,15-16,18H,4-6,9,11,13,19H2,1-3H3. The number of aryl methyl sites for hydroxylation is 1. The first-order chi connectivity index (χ1) is 9.65. The number of nitrogens with two attached hydrogens (primary N) is 1. The average molecular weight is 274 g/mol. The molecular formula is C18H30N2. The maximum Gasteiger partial charge on any atom is 0.0501 e. The molecule has 1 aromatic carbocycles. The number of hydrogen-bond acceptors (Lipinski definition) is 2. The van der Waals surface area contributed by atoms with Gasteiger partial charge >= 0.3 is 0 Å². The second-order valence-corrected chi connectivity index (χ2v) is 6.31. The lowest BCUT2D eigenvalue weighted by molar-refractivity contribution is 0.116. The van der Waals surface area contributed by atoms with Crippen molar-refractivity contribution in [2.24, 2.45) is 5.73 Å². The summed E-state index contributed by atoms with van der Waals surface area (Å²) in [4.78, 5) is 2.69. The molecule has 1 heterocycles. The van der Waals surface area contributed by atoms with Gasteiger partial charge in [0.15, 0.2) is 0 Å². The number of nitrogens with zero attached hydrogens (tertiary/aromatic N) is 1. The van der Waals surface area contributed by atoms with Gasteiger partial charge in [0.1, 0.15) is 0 Å². The molecule has 0 radical (unpaired) electrons. The minimum Gasteiger partial charge on any atom is -0.326 e. The van der Waals surface area contributed by atoms with Crippen LogP contribution in [0.2, 0.25) is 0 Å². The summed E-state index contributed by atoms with van der Waals surface area (Å²) in [6.07, 6.45) is 6.60. The van der Waals surface area contributed by atoms with Crippen molar-refractivity contribution in [2.45, 2.75) is 71.0 Å². The van der Waals surface area contributed by atoms with Crippen LogP contribution in [0.3, 0.4) is 0 Å². The molecule has 2 N–H and O–H groups in total. The van der Waals surface area contributed by atoms with Gasteiger partial charge in [0, 0.05) is 12.1 Å². The van der Waals surface area contributed by atoms with E-state index in [1.807, 2.05) is 0 Å². The lowest BCUT2D eigenvalue weighted by Crippen LogP contribution is -2.45. The Bertz CT molecular complexity index is 414. The first kappa shape index (κ1) is 15.5. The van der Waals surface area contributed by atoms with Gasteiger partial charge in [-0.05, 0) is 50.8 Å². The molecule has 0 amide bonds. The highest BCUT2D eigenvalue weighted by atomic mass is 15.2. The number of likely N-dealkylation sites (tertiary alicyclic amines) is 1. The second-order valence-electron chi connectivity index (χ2n) is 6.31. The lowest BCUT2D eigenvalue weighted by Gasteiger charge is -2.39. The predicted octanol–water partition coefficient (Wildman–Crippen LogP) is 4.04. The molecule has 3 unspecified atom stereocenters. The molecule has 0 bridgehead atoms. The van der Waals surface area contributed by atoms with Gasteiger partial charge in [-0.15, -0.1) is 0 Å². The van der Waals surface area contributed by atoms with E-state index in [1.54, 1.807) is 0 Å². The van der Waals surface area contributed by atoms with E-state index in [0.29, 0.717) is 12.1 Å². The van der Waals surface area contributed by atoms with Gasteiger partial charge in [0.2, 0.25) is 0 Å². The molecule has 0 aromatic heterocycles. The molecule has 1 aliphatic heterocycles. The van der Waals surface area contributed by atoms with E-state index in [4.69, 9.17) is 5.73 Å². The van der Waals surface area contributed by atoms with E-state index in [0.717, 1.165) is 0 Å². The Hall–Kier alpha value is -0.860. The van der Waals surface area contributed by atoms with Crippen molar-refractivity contribution in [3.8, 4) is 0 Å². The summed E-state index contributed by atoms with van der Waals surface area (Å²) < 4.78 is 0. The van der Waals surface area contributed by atoms with Crippen molar-refractivity contribution < 1.29 is 0 Å². The Morgan fingerprint density at radius 1 is 1.25 bits per heavy atom. The Kier molecular flexibility index (Phi) is 5.62. The molecule has 1 fully saturated rings.